The number of carbonyl (C=O) groups is 1. The Bertz CT molecular complexity index is 790. The third-order valence-electron chi connectivity index (χ3n) is 3.43. The Morgan fingerprint density at radius 2 is 1.76 bits per heavy atom. The van der Waals surface area contributed by atoms with Crippen LogP contribution < -0.4 is 4.74 Å². The summed E-state index contributed by atoms with van der Waals surface area (Å²) in [4.78, 5) is 12.1. The van der Waals surface area contributed by atoms with Crippen molar-refractivity contribution in [2.75, 3.05) is 14.2 Å². The first-order valence-electron chi connectivity index (χ1n) is 6.58. The van der Waals surface area contributed by atoms with E-state index in [1.807, 2.05) is 53.1 Å². The fourth-order valence-corrected chi connectivity index (χ4v) is 2.49. The molecule has 0 aliphatic carbocycles. The smallest absolute Gasteiger partial charge is 0.355 e. The van der Waals surface area contributed by atoms with Crippen LogP contribution in [0.3, 0.4) is 0 Å². The summed E-state index contributed by atoms with van der Waals surface area (Å²) >= 11 is 0. The minimum absolute atomic E-state index is 0.378. The molecule has 0 bridgehead atoms. The molecule has 21 heavy (non-hydrogen) atoms. The second-order valence-electron chi connectivity index (χ2n) is 4.59. The van der Waals surface area contributed by atoms with Gasteiger partial charge in [-0.2, -0.15) is 0 Å². The van der Waals surface area contributed by atoms with Crippen molar-refractivity contribution in [1.82, 2.24) is 4.57 Å². The van der Waals surface area contributed by atoms with Gasteiger partial charge < -0.3 is 14.0 Å². The van der Waals surface area contributed by atoms with Gasteiger partial charge in [0.25, 0.3) is 0 Å². The quantitative estimate of drug-likeness (QED) is 0.691. The molecule has 3 rings (SSSR count). The summed E-state index contributed by atoms with van der Waals surface area (Å²) in [5, 5.41) is 0.879. The Kier molecular flexibility index (Phi) is 3.36. The Morgan fingerprint density at radius 3 is 2.43 bits per heavy atom. The maximum Gasteiger partial charge on any atom is 0.355 e. The Morgan fingerprint density at radius 1 is 1.00 bits per heavy atom. The standard InChI is InChI=1S/C17H15NO3/c1-20-16-10-6-9-14-13(16)11-15(17(19)21-2)18(14)12-7-4-3-5-8-12/h3-11H,1-2H3. The summed E-state index contributed by atoms with van der Waals surface area (Å²) in [7, 11) is 3.00. The molecule has 3 aromatic rings. The number of para-hydroxylation sites is 1. The minimum Gasteiger partial charge on any atom is -0.496 e. The predicted molar refractivity (Wildman–Crippen MR) is 81.2 cm³/mol. The lowest BCUT2D eigenvalue weighted by molar-refractivity contribution is 0.0592. The van der Waals surface area contributed by atoms with Gasteiger partial charge in [0.05, 0.1) is 19.7 Å². The number of nitrogens with zero attached hydrogens (tertiary/aromatic N) is 1. The van der Waals surface area contributed by atoms with E-state index in [1.165, 1.54) is 7.11 Å². The van der Waals surface area contributed by atoms with Gasteiger partial charge in [0.1, 0.15) is 11.4 Å². The van der Waals surface area contributed by atoms with Crippen LogP contribution in [0.15, 0.2) is 54.6 Å². The summed E-state index contributed by atoms with van der Waals surface area (Å²) in [6, 6.07) is 17.2. The molecule has 0 aliphatic heterocycles. The van der Waals surface area contributed by atoms with Gasteiger partial charge in [-0.15, -0.1) is 0 Å². The number of hydrogen-bond donors (Lipinski definition) is 0. The molecular weight excluding hydrogens is 266 g/mol. The maximum absolute atomic E-state index is 12.1. The molecular formula is C17H15NO3. The van der Waals surface area contributed by atoms with Crippen molar-refractivity contribution in [1.29, 1.82) is 0 Å². The van der Waals surface area contributed by atoms with E-state index < -0.39 is 0 Å². The van der Waals surface area contributed by atoms with Crippen LogP contribution in [0.1, 0.15) is 10.5 Å². The van der Waals surface area contributed by atoms with Gasteiger partial charge in [-0.25, -0.2) is 4.79 Å². The number of aromatic nitrogens is 1. The largest absolute Gasteiger partial charge is 0.496 e. The zero-order valence-electron chi connectivity index (χ0n) is 11.9. The third kappa shape index (κ3) is 2.14. The summed E-state index contributed by atoms with van der Waals surface area (Å²) < 4.78 is 12.2. The molecule has 0 unspecified atom stereocenters. The van der Waals surface area contributed by atoms with Gasteiger partial charge in [-0.1, -0.05) is 24.3 Å². The van der Waals surface area contributed by atoms with Crippen LogP contribution in [0.25, 0.3) is 16.6 Å². The molecule has 4 nitrogen and oxygen atoms in total. The maximum atomic E-state index is 12.1. The van der Waals surface area contributed by atoms with E-state index >= 15 is 0 Å². The number of ether oxygens (including phenoxy) is 2. The highest BCUT2D eigenvalue weighted by atomic mass is 16.5. The first kappa shape index (κ1) is 13.2. The van der Waals surface area contributed by atoms with Gasteiger partial charge in [-0.05, 0) is 30.3 Å². The fraction of sp³-hybridized carbons (Fsp3) is 0.118. The highest BCUT2D eigenvalue weighted by Gasteiger charge is 2.19. The third-order valence-corrected chi connectivity index (χ3v) is 3.43. The SMILES string of the molecule is COC(=O)c1cc2c(OC)cccc2n1-c1ccccc1. The highest BCUT2D eigenvalue weighted by Crippen LogP contribution is 2.31. The van der Waals surface area contributed by atoms with Gasteiger partial charge in [0.2, 0.25) is 0 Å². The second kappa shape index (κ2) is 5.32. The number of esters is 1. The van der Waals surface area contributed by atoms with Crippen molar-refractivity contribution in [3.05, 3.63) is 60.3 Å². The summed E-state index contributed by atoms with van der Waals surface area (Å²) in [6.07, 6.45) is 0. The molecule has 0 saturated heterocycles. The molecule has 2 aromatic carbocycles. The van der Waals surface area contributed by atoms with E-state index in [-0.39, 0.29) is 5.97 Å². The van der Waals surface area contributed by atoms with E-state index in [0.717, 1.165) is 22.3 Å². The monoisotopic (exact) mass is 281 g/mol. The average Bonchev–Trinajstić information content (AvgIpc) is 2.94. The number of hydrogen-bond acceptors (Lipinski definition) is 3. The molecule has 1 aromatic heterocycles. The number of methoxy groups -OCH3 is 2. The van der Waals surface area contributed by atoms with Crippen molar-refractivity contribution < 1.29 is 14.3 Å². The number of fused-ring (bicyclic) bond motifs is 1. The molecule has 0 aliphatic rings. The first-order chi connectivity index (χ1) is 10.3. The van der Waals surface area contributed by atoms with Crippen LogP contribution >= 0.6 is 0 Å². The van der Waals surface area contributed by atoms with Crippen molar-refractivity contribution in [2.45, 2.75) is 0 Å². The summed E-state index contributed by atoms with van der Waals surface area (Å²) in [5.74, 6) is 0.351. The van der Waals surface area contributed by atoms with Gasteiger partial charge in [0.15, 0.2) is 0 Å². The fourth-order valence-electron chi connectivity index (χ4n) is 2.49. The van der Waals surface area contributed by atoms with Gasteiger partial charge in [0, 0.05) is 11.1 Å². The lowest BCUT2D eigenvalue weighted by atomic mass is 10.2. The van der Waals surface area contributed by atoms with Crippen molar-refractivity contribution >= 4 is 16.9 Å². The second-order valence-corrected chi connectivity index (χ2v) is 4.59. The van der Waals surface area contributed by atoms with E-state index in [2.05, 4.69) is 0 Å². The molecule has 0 saturated carbocycles. The van der Waals surface area contributed by atoms with Crippen LogP contribution in [0, 0.1) is 0 Å². The van der Waals surface area contributed by atoms with Crippen molar-refractivity contribution in [3.8, 4) is 11.4 Å². The molecule has 0 amide bonds. The van der Waals surface area contributed by atoms with Crippen molar-refractivity contribution in [3.63, 3.8) is 0 Å². The topological polar surface area (TPSA) is 40.5 Å². The predicted octanol–water partition coefficient (Wildman–Crippen LogP) is 3.43. The lowest BCUT2D eigenvalue weighted by Gasteiger charge is -2.09. The Balaban J connectivity index is 2.37. The van der Waals surface area contributed by atoms with Crippen LogP contribution in [-0.2, 0) is 4.74 Å². The zero-order valence-corrected chi connectivity index (χ0v) is 11.9. The molecule has 0 N–H and O–H groups in total. The van der Waals surface area contributed by atoms with Crippen LogP contribution in [0.2, 0.25) is 0 Å². The molecule has 106 valence electrons. The summed E-state index contributed by atoms with van der Waals surface area (Å²) in [6.45, 7) is 0. The number of rotatable bonds is 3. The highest BCUT2D eigenvalue weighted by molar-refractivity contribution is 5.99. The number of carbonyl (C=O) groups excluding carboxylic acids is 1. The van der Waals surface area contributed by atoms with Crippen LogP contribution in [-0.4, -0.2) is 24.8 Å². The molecule has 4 heteroatoms. The molecule has 0 radical (unpaired) electrons. The normalized spacial score (nSPS) is 10.6. The minimum atomic E-state index is -0.378. The van der Waals surface area contributed by atoms with E-state index in [0.29, 0.717) is 5.69 Å². The van der Waals surface area contributed by atoms with Crippen LogP contribution in [0.5, 0.6) is 5.75 Å². The summed E-state index contributed by atoms with van der Waals surface area (Å²) in [5.41, 5.74) is 2.28. The molecule has 0 fully saturated rings. The van der Waals surface area contributed by atoms with Gasteiger partial charge >= 0.3 is 5.97 Å². The van der Waals surface area contributed by atoms with Gasteiger partial charge in [-0.3, -0.25) is 0 Å². The number of benzene rings is 2. The molecule has 0 spiro atoms. The van der Waals surface area contributed by atoms with Crippen LogP contribution in [0.4, 0.5) is 0 Å². The zero-order chi connectivity index (χ0) is 14.8. The van der Waals surface area contributed by atoms with Crippen molar-refractivity contribution in [2.24, 2.45) is 0 Å². The average molecular weight is 281 g/mol. The lowest BCUT2D eigenvalue weighted by Crippen LogP contribution is -2.08. The molecule has 0 atom stereocenters. The Labute approximate surface area is 122 Å². The Hall–Kier alpha value is -2.75. The molecule has 1 heterocycles. The van der Waals surface area contributed by atoms with E-state index in [1.54, 1.807) is 13.2 Å². The first-order valence-corrected chi connectivity index (χ1v) is 6.58. The van der Waals surface area contributed by atoms with E-state index in [4.69, 9.17) is 9.47 Å². The van der Waals surface area contributed by atoms with E-state index in [9.17, 15) is 4.79 Å².